The van der Waals surface area contributed by atoms with Gasteiger partial charge in [0, 0.05) is 11.6 Å². The fourth-order valence-electron chi connectivity index (χ4n) is 2.75. The molecule has 0 amide bonds. The summed E-state index contributed by atoms with van der Waals surface area (Å²) in [5.41, 5.74) is 0.832. The molecule has 0 radical (unpaired) electrons. The maximum atomic E-state index is 9.83. The third-order valence-electron chi connectivity index (χ3n) is 3.85. The lowest BCUT2D eigenvalue weighted by atomic mass is 9.88. The van der Waals surface area contributed by atoms with E-state index >= 15 is 0 Å². The molecule has 1 aromatic carbocycles. The maximum absolute atomic E-state index is 9.83. The Kier molecular flexibility index (Phi) is 4.70. The van der Waals surface area contributed by atoms with Gasteiger partial charge in [0.25, 0.3) is 0 Å². The summed E-state index contributed by atoms with van der Waals surface area (Å²) >= 11 is 0. The number of hydrogen-bond donors (Lipinski definition) is 1. The first-order chi connectivity index (χ1) is 9.10. The average molecular weight is 264 g/mol. The van der Waals surface area contributed by atoms with Gasteiger partial charge in [-0.15, -0.1) is 0 Å². The monoisotopic (exact) mass is 264 g/mol. The normalized spacial score (nSPS) is 24.8. The van der Waals surface area contributed by atoms with Crippen LogP contribution in [0.4, 0.5) is 0 Å². The first-order valence-corrected chi connectivity index (χ1v) is 7.12. The molecule has 1 fully saturated rings. The SMILES string of the molecule is COc1ccc([C@H](C)O)c(OC2CCCC(C)C2)c1. The summed E-state index contributed by atoms with van der Waals surface area (Å²) in [6.45, 7) is 4.04. The van der Waals surface area contributed by atoms with Gasteiger partial charge in [0.1, 0.15) is 11.5 Å². The summed E-state index contributed by atoms with van der Waals surface area (Å²) in [5.74, 6) is 2.25. The van der Waals surface area contributed by atoms with Crippen molar-refractivity contribution in [2.75, 3.05) is 7.11 Å². The summed E-state index contributed by atoms with van der Waals surface area (Å²) in [5, 5.41) is 9.83. The van der Waals surface area contributed by atoms with Crippen molar-refractivity contribution in [2.24, 2.45) is 5.92 Å². The Morgan fingerprint density at radius 2 is 2.11 bits per heavy atom. The molecule has 3 nitrogen and oxygen atoms in total. The summed E-state index contributed by atoms with van der Waals surface area (Å²) in [6.07, 6.45) is 4.44. The van der Waals surface area contributed by atoms with Gasteiger partial charge in [-0.3, -0.25) is 0 Å². The van der Waals surface area contributed by atoms with Crippen LogP contribution in [0.25, 0.3) is 0 Å². The molecule has 1 aliphatic carbocycles. The molecule has 0 aliphatic heterocycles. The number of aliphatic hydroxyl groups excluding tert-OH is 1. The molecular formula is C16H24O3. The minimum atomic E-state index is -0.526. The molecule has 1 saturated carbocycles. The van der Waals surface area contributed by atoms with Crippen molar-refractivity contribution in [3.05, 3.63) is 23.8 Å². The molecule has 3 atom stereocenters. The van der Waals surface area contributed by atoms with Gasteiger partial charge >= 0.3 is 0 Å². The van der Waals surface area contributed by atoms with Crippen molar-refractivity contribution in [1.29, 1.82) is 0 Å². The Bertz CT molecular complexity index is 414. The standard InChI is InChI=1S/C16H24O3/c1-11-5-4-6-14(9-11)19-16-10-13(18-3)7-8-15(16)12(2)17/h7-8,10-12,14,17H,4-6,9H2,1-3H3/t11?,12-,14?/m0/s1. The zero-order valence-corrected chi connectivity index (χ0v) is 12.1. The molecule has 1 aliphatic rings. The Hall–Kier alpha value is -1.22. The van der Waals surface area contributed by atoms with E-state index in [0.717, 1.165) is 35.8 Å². The van der Waals surface area contributed by atoms with Crippen molar-refractivity contribution in [1.82, 2.24) is 0 Å². The van der Waals surface area contributed by atoms with E-state index in [9.17, 15) is 5.11 Å². The number of benzene rings is 1. The van der Waals surface area contributed by atoms with E-state index in [1.807, 2.05) is 18.2 Å². The van der Waals surface area contributed by atoms with E-state index < -0.39 is 6.10 Å². The largest absolute Gasteiger partial charge is 0.497 e. The van der Waals surface area contributed by atoms with Crippen molar-refractivity contribution >= 4 is 0 Å². The second-order valence-corrected chi connectivity index (χ2v) is 5.59. The number of rotatable bonds is 4. The van der Waals surface area contributed by atoms with E-state index in [0.29, 0.717) is 0 Å². The zero-order valence-electron chi connectivity index (χ0n) is 12.1. The number of methoxy groups -OCH3 is 1. The Morgan fingerprint density at radius 1 is 1.32 bits per heavy atom. The van der Waals surface area contributed by atoms with Crippen LogP contribution in [0.5, 0.6) is 11.5 Å². The highest BCUT2D eigenvalue weighted by Crippen LogP contribution is 2.33. The number of hydrogen-bond acceptors (Lipinski definition) is 3. The first-order valence-electron chi connectivity index (χ1n) is 7.12. The molecule has 106 valence electrons. The lowest BCUT2D eigenvalue weighted by Gasteiger charge is -2.28. The molecule has 3 heteroatoms. The maximum Gasteiger partial charge on any atom is 0.129 e. The Balaban J connectivity index is 2.16. The second kappa shape index (κ2) is 6.29. The topological polar surface area (TPSA) is 38.7 Å². The fourth-order valence-corrected chi connectivity index (χ4v) is 2.75. The molecule has 1 N–H and O–H groups in total. The second-order valence-electron chi connectivity index (χ2n) is 5.59. The Labute approximate surface area is 115 Å². The number of aliphatic hydroxyl groups is 1. The average Bonchev–Trinajstić information content (AvgIpc) is 2.38. The first kappa shape index (κ1) is 14.2. The summed E-state index contributed by atoms with van der Waals surface area (Å²) in [6, 6.07) is 5.62. The van der Waals surface area contributed by atoms with Gasteiger partial charge in [-0.1, -0.05) is 13.3 Å². The zero-order chi connectivity index (χ0) is 13.8. The molecule has 2 unspecified atom stereocenters. The van der Waals surface area contributed by atoms with Gasteiger partial charge in [0.05, 0.1) is 19.3 Å². The minimum Gasteiger partial charge on any atom is -0.497 e. The van der Waals surface area contributed by atoms with Gasteiger partial charge in [-0.05, 0) is 44.2 Å². The molecule has 2 rings (SSSR count). The highest BCUT2D eigenvalue weighted by Gasteiger charge is 2.22. The summed E-state index contributed by atoms with van der Waals surface area (Å²) in [7, 11) is 1.64. The van der Waals surface area contributed by atoms with Crippen LogP contribution in [0.1, 0.15) is 51.2 Å². The molecule has 0 saturated heterocycles. The van der Waals surface area contributed by atoms with E-state index in [1.165, 1.54) is 12.8 Å². The lowest BCUT2D eigenvalue weighted by molar-refractivity contribution is 0.121. The third kappa shape index (κ3) is 3.63. The third-order valence-corrected chi connectivity index (χ3v) is 3.85. The number of ether oxygens (including phenoxy) is 2. The van der Waals surface area contributed by atoms with E-state index in [1.54, 1.807) is 14.0 Å². The quantitative estimate of drug-likeness (QED) is 0.901. The molecule has 19 heavy (non-hydrogen) atoms. The van der Waals surface area contributed by atoms with Gasteiger partial charge in [-0.2, -0.15) is 0 Å². The van der Waals surface area contributed by atoms with Gasteiger partial charge in [0.2, 0.25) is 0 Å². The predicted molar refractivity (Wildman–Crippen MR) is 75.7 cm³/mol. The summed E-state index contributed by atoms with van der Waals surface area (Å²) in [4.78, 5) is 0. The molecule has 0 heterocycles. The van der Waals surface area contributed by atoms with Crippen LogP contribution in [0.15, 0.2) is 18.2 Å². The van der Waals surface area contributed by atoms with E-state index in [-0.39, 0.29) is 6.10 Å². The molecular weight excluding hydrogens is 240 g/mol. The molecule has 0 bridgehead atoms. The summed E-state index contributed by atoms with van der Waals surface area (Å²) < 4.78 is 11.4. The van der Waals surface area contributed by atoms with Crippen LogP contribution < -0.4 is 9.47 Å². The van der Waals surface area contributed by atoms with E-state index in [4.69, 9.17) is 9.47 Å². The van der Waals surface area contributed by atoms with Crippen LogP contribution in [-0.2, 0) is 0 Å². The highest BCUT2D eigenvalue weighted by molar-refractivity contribution is 5.42. The van der Waals surface area contributed by atoms with Crippen molar-refractivity contribution in [2.45, 2.75) is 51.7 Å². The van der Waals surface area contributed by atoms with Crippen LogP contribution in [-0.4, -0.2) is 18.3 Å². The lowest BCUT2D eigenvalue weighted by Crippen LogP contribution is -2.24. The van der Waals surface area contributed by atoms with Crippen molar-refractivity contribution in [3.8, 4) is 11.5 Å². The highest BCUT2D eigenvalue weighted by atomic mass is 16.5. The van der Waals surface area contributed by atoms with E-state index in [2.05, 4.69) is 6.92 Å². The van der Waals surface area contributed by atoms with Crippen LogP contribution in [0, 0.1) is 5.92 Å². The van der Waals surface area contributed by atoms with Crippen molar-refractivity contribution < 1.29 is 14.6 Å². The van der Waals surface area contributed by atoms with Crippen LogP contribution in [0.3, 0.4) is 0 Å². The fraction of sp³-hybridized carbons (Fsp3) is 0.625. The smallest absolute Gasteiger partial charge is 0.129 e. The molecule has 0 aromatic heterocycles. The van der Waals surface area contributed by atoms with Gasteiger partial charge in [-0.25, -0.2) is 0 Å². The molecule has 0 spiro atoms. The minimum absolute atomic E-state index is 0.258. The Morgan fingerprint density at radius 3 is 2.74 bits per heavy atom. The van der Waals surface area contributed by atoms with Crippen LogP contribution in [0.2, 0.25) is 0 Å². The van der Waals surface area contributed by atoms with Gasteiger partial charge < -0.3 is 14.6 Å². The molecule has 1 aromatic rings. The predicted octanol–water partition coefficient (Wildman–Crippen LogP) is 3.71. The van der Waals surface area contributed by atoms with Crippen LogP contribution >= 0.6 is 0 Å². The van der Waals surface area contributed by atoms with Gasteiger partial charge in [0.15, 0.2) is 0 Å². The van der Waals surface area contributed by atoms with Crippen molar-refractivity contribution in [3.63, 3.8) is 0 Å².